The van der Waals surface area contributed by atoms with Gasteiger partial charge in [-0.05, 0) is 24.7 Å². The van der Waals surface area contributed by atoms with E-state index in [1.54, 1.807) is 17.0 Å². The summed E-state index contributed by atoms with van der Waals surface area (Å²) in [6, 6.07) is 13.2. The molecule has 0 saturated heterocycles. The second-order valence-corrected chi connectivity index (χ2v) is 5.69. The van der Waals surface area contributed by atoms with Crippen LogP contribution in [-0.4, -0.2) is 36.1 Å². The van der Waals surface area contributed by atoms with Gasteiger partial charge in [0, 0.05) is 19.0 Å². The number of nitrogens with zero attached hydrogens (tertiary/aromatic N) is 1. The Labute approximate surface area is 136 Å². The lowest BCUT2D eigenvalue weighted by atomic mass is 10.1. The fraction of sp³-hybridized carbons (Fsp3) is 0.389. The number of carbonyl (C=O) groups is 1. The van der Waals surface area contributed by atoms with Crippen LogP contribution >= 0.6 is 0 Å². The molecular weight excluding hydrogens is 292 g/mol. The maximum absolute atomic E-state index is 12.7. The molecule has 0 fully saturated rings. The number of furan rings is 1. The molecule has 2 unspecified atom stereocenters. The van der Waals surface area contributed by atoms with Gasteiger partial charge in [-0.25, -0.2) is 0 Å². The Morgan fingerprint density at radius 2 is 2.00 bits per heavy atom. The Kier molecular flexibility index (Phi) is 6.38. The standard InChI is InChI=1S/C18H24N2O3/c1-14(11-19-2)18(22)20(12-15-7-4-3-5-8-15)13-16(21)17-9-6-10-23-17/h3-10,14,16,19,21H,11-13H2,1-2H3. The number of rotatable bonds is 8. The number of benzene rings is 1. The molecule has 1 heterocycles. The highest BCUT2D eigenvalue weighted by molar-refractivity contribution is 5.78. The summed E-state index contributed by atoms with van der Waals surface area (Å²) in [7, 11) is 1.82. The molecular formula is C18H24N2O3. The number of aliphatic hydroxyl groups is 1. The molecule has 0 radical (unpaired) electrons. The number of amides is 1. The summed E-state index contributed by atoms with van der Waals surface area (Å²) in [5.41, 5.74) is 1.03. The minimum absolute atomic E-state index is 0.00816. The zero-order valence-electron chi connectivity index (χ0n) is 13.6. The van der Waals surface area contributed by atoms with E-state index in [0.29, 0.717) is 18.8 Å². The molecule has 2 aromatic rings. The number of nitrogens with one attached hydrogen (secondary N) is 1. The van der Waals surface area contributed by atoms with E-state index in [-0.39, 0.29) is 18.4 Å². The van der Waals surface area contributed by atoms with Gasteiger partial charge in [0.1, 0.15) is 11.9 Å². The average Bonchev–Trinajstić information content (AvgIpc) is 3.09. The monoisotopic (exact) mass is 316 g/mol. The third kappa shape index (κ3) is 4.94. The van der Waals surface area contributed by atoms with Crippen LogP contribution in [0.4, 0.5) is 0 Å². The Hall–Kier alpha value is -2.11. The largest absolute Gasteiger partial charge is 0.467 e. The van der Waals surface area contributed by atoms with Crippen LogP contribution in [0.25, 0.3) is 0 Å². The maximum Gasteiger partial charge on any atom is 0.227 e. The first-order valence-corrected chi connectivity index (χ1v) is 7.80. The van der Waals surface area contributed by atoms with Gasteiger partial charge < -0.3 is 19.7 Å². The molecule has 0 aliphatic carbocycles. The third-order valence-corrected chi connectivity index (χ3v) is 3.72. The highest BCUT2D eigenvalue weighted by atomic mass is 16.4. The van der Waals surface area contributed by atoms with Gasteiger partial charge in [-0.1, -0.05) is 37.3 Å². The minimum atomic E-state index is -0.834. The van der Waals surface area contributed by atoms with E-state index >= 15 is 0 Å². The normalized spacial score (nSPS) is 13.5. The lowest BCUT2D eigenvalue weighted by Gasteiger charge is -2.27. The van der Waals surface area contributed by atoms with Crippen LogP contribution in [0.2, 0.25) is 0 Å². The van der Waals surface area contributed by atoms with Crippen molar-refractivity contribution in [3.63, 3.8) is 0 Å². The zero-order chi connectivity index (χ0) is 16.7. The van der Waals surface area contributed by atoms with Crippen LogP contribution in [0, 0.1) is 5.92 Å². The number of carbonyl (C=O) groups excluding carboxylic acids is 1. The molecule has 1 amide bonds. The first-order chi connectivity index (χ1) is 11.1. The molecule has 2 atom stereocenters. The molecule has 5 heteroatoms. The third-order valence-electron chi connectivity index (χ3n) is 3.72. The van der Waals surface area contributed by atoms with Gasteiger partial charge in [0.05, 0.1) is 12.8 Å². The van der Waals surface area contributed by atoms with Crippen molar-refractivity contribution in [2.75, 3.05) is 20.1 Å². The van der Waals surface area contributed by atoms with Gasteiger partial charge >= 0.3 is 0 Å². The molecule has 1 aromatic carbocycles. The maximum atomic E-state index is 12.7. The van der Waals surface area contributed by atoms with E-state index in [1.807, 2.05) is 44.3 Å². The lowest BCUT2D eigenvalue weighted by Crippen LogP contribution is -2.40. The molecule has 124 valence electrons. The molecule has 0 aliphatic rings. The smallest absolute Gasteiger partial charge is 0.227 e. The molecule has 5 nitrogen and oxygen atoms in total. The molecule has 23 heavy (non-hydrogen) atoms. The summed E-state index contributed by atoms with van der Waals surface area (Å²) < 4.78 is 5.23. The van der Waals surface area contributed by atoms with Crippen molar-refractivity contribution in [2.24, 2.45) is 5.92 Å². The second-order valence-electron chi connectivity index (χ2n) is 5.69. The predicted octanol–water partition coefficient (Wildman–Crippen LogP) is 2.20. The first-order valence-electron chi connectivity index (χ1n) is 7.80. The molecule has 2 rings (SSSR count). The second kappa shape index (κ2) is 8.50. The van der Waals surface area contributed by atoms with Crippen LogP contribution in [0.15, 0.2) is 53.1 Å². The molecule has 0 spiro atoms. The molecule has 0 saturated carbocycles. The Balaban J connectivity index is 2.11. The van der Waals surface area contributed by atoms with Crippen LogP contribution in [0.3, 0.4) is 0 Å². The van der Waals surface area contributed by atoms with Gasteiger partial charge in [-0.3, -0.25) is 4.79 Å². The summed E-state index contributed by atoms with van der Waals surface area (Å²) in [5, 5.41) is 13.3. The van der Waals surface area contributed by atoms with Crippen molar-refractivity contribution in [3.05, 3.63) is 60.1 Å². The Morgan fingerprint density at radius 3 is 2.61 bits per heavy atom. The molecule has 1 aromatic heterocycles. The van der Waals surface area contributed by atoms with E-state index in [0.717, 1.165) is 5.56 Å². The fourth-order valence-corrected chi connectivity index (χ4v) is 2.52. The highest BCUT2D eigenvalue weighted by Crippen LogP contribution is 2.18. The number of hydrogen-bond acceptors (Lipinski definition) is 4. The van der Waals surface area contributed by atoms with Crippen LogP contribution in [-0.2, 0) is 11.3 Å². The van der Waals surface area contributed by atoms with E-state index in [4.69, 9.17) is 4.42 Å². The van der Waals surface area contributed by atoms with Crippen LogP contribution in [0.1, 0.15) is 24.4 Å². The van der Waals surface area contributed by atoms with Gasteiger partial charge in [0.2, 0.25) is 5.91 Å². The first kappa shape index (κ1) is 17.2. The van der Waals surface area contributed by atoms with Crippen molar-refractivity contribution < 1.29 is 14.3 Å². The van der Waals surface area contributed by atoms with Gasteiger partial charge in [0.25, 0.3) is 0 Å². The van der Waals surface area contributed by atoms with Crippen molar-refractivity contribution in [1.29, 1.82) is 0 Å². The van der Waals surface area contributed by atoms with Crippen molar-refractivity contribution in [1.82, 2.24) is 10.2 Å². The predicted molar refractivity (Wildman–Crippen MR) is 88.6 cm³/mol. The Morgan fingerprint density at radius 1 is 1.26 bits per heavy atom. The topological polar surface area (TPSA) is 65.7 Å². The summed E-state index contributed by atoms with van der Waals surface area (Å²) in [4.78, 5) is 14.4. The average molecular weight is 316 g/mol. The molecule has 2 N–H and O–H groups in total. The minimum Gasteiger partial charge on any atom is -0.467 e. The Bertz CT molecular complexity index is 584. The lowest BCUT2D eigenvalue weighted by molar-refractivity contribution is -0.137. The van der Waals surface area contributed by atoms with Gasteiger partial charge in [0.15, 0.2) is 0 Å². The summed E-state index contributed by atoms with van der Waals surface area (Å²) >= 11 is 0. The van der Waals surface area contributed by atoms with E-state index < -0.39 is 6.10 Å². The van der Waals surface area contributed by atoms with E-state index in [2.05, 4.69) is 5.32 Å². The van der Waals surface area contributed by atoms with Gasteiger partial charge in [-0.2, -0.15) is 0 Å². The van der Waals surface area contributed by atoms with Crippen molar-refractivity contribution in [2.45, 2.75) is 19.6 Å². The number of hydrogen-bond donors (Lipinski definition) is 2. The quantitative estimate of drug-likeness (QED) is 0.783. The van der Waals surface area contributed by atoms with Crippen molar-refractivity contribution >= 4 is 5.91 Å². The van der Waals surface area contributed by atoms with Crippen LogP contribution < -0.4 is 5.32 Å². The zero-order valence-corrected chi connectivity index (χ0v) is 13.6. The molecule has 0 bridgehead atoms. The summed E-state index contributed by atoms with van der Waals surface area (Å²) in [5.74, 6) is 0.318. The summed E-state index contributed by atoms with van der Waals surface area (Å²) in [6.07, 6.45) is 0.686. The van der Waals surface area contributed by atoms with Crippen molar-refractivity contribution in [3.8, 4) is 0 Å². The highest BCUT2D eigenvalue weighted by Gasteiger charge is 2.24. The number of aliphatic hydroxyl groups excluding tert-OH is 1. The molecule has 0 aliphatic heterocycles. The summed E-state index contributed by atoms with van der Waals surface area (Å²) in [6.45, 7) is 3.15. The van der Waals surface area contributed by atoms with E-state index in [9.17, 15) is 9.90 Å². The van der Waals surface area contributed by atoms with E-state index in [1.165, 1.54) is 6.26 Å². The van der Waals surface area contributed by atoms with Gasteiger partial charge in [-0.15, -0.1) is 0 Å². The fourth-order valence-electron chi connectivity index (χ4n) is 2.52. The van der Waals surface area contributed by atoms with Crippen LogP contribution in [0.5, 0.6) is 0 Å². The SMILES string of the molecule is CNCC(C)C(=O)N(Cc1ccccc1)CC(O)c1ccco1.